The Hall–Kier alpha value is -2.55. The number of carbonyl (C=O) groups excluding carboxylic acids is 1. The molecule has 0 saturated heterocycles. The van der Waals surface area contributed by atoms with Gasteiger partial charge in [0.2, 0.25) is 0 Å². The topological polar surface area (TPSA) is 36.1 Å². The summed E-state index contributed by atoms with van der Waals surface area (Å²) in [6.45, 7) is 2.56. The van der Waals surface area contributed by atoms with Crippen molar-refractivity contribution in [2.24, 2.45) is 0 Å². The monoisotopic (exact) mass is 278 g/mol. The molecular weight excluding hydrogens is 260 g/mol. The van der Waals surface area contributed by atoms with E-state index in [1.54, 1.807) is 4.90 Å². The molecule has 0 spiro atoms. The maximum Gasteiger partial charge on any atom is 0.256 e. The van der Waals surface area contributed by atoms with E-state index in [0.717, 1.165) is 27.7 Å². The summed E-state index contributed by atoms with van der Waals surface area (Å²) in [7, 11) is 1.84. The molecule has 2 aromatic carbocycles. The third kappa shape index (κ3) is 2.55. The average Bonchev–Trinajstić information content (AvgIpc) is 2.83. The summed E-state index contributed by atoms with van der Waals surface area (Å²) in [6.07, 6.45) is 0. The number of amides is 1. The number of hydrogen-bond acceptors (Lipinski definition) is 1. The van der Waals surface area contributed by atoms with Gasteiger partial charge in [-0.25, -0.2) is 0 Å². The molecule has 0 atom stereocenters. The number of aromatic nitrogens is 1. The standard InChI is InChI=1S/C18H18N2O/c1-13-17(15-10-6-7-11-16(15)19-13)18(21)20(2)12-14-8-4-3-5-9-14/h3-11,19H,12H2,1-2H3. The Balaban J connectivity index is 1.91. The number of aryl methyl sites for hydroxylation is 1. The molecule has 0 aliphatic carbocycles. The largest absolute Gasteiger partial charge is 0.358 e. The number of nitrogens with zero attached hydrogens (tertiary/aromatic N) is 1. The molecular formula is C18H18N2O. The summed E-state index contributed by atoms with van der Waals surface area (Å²) in [4.78, 5) is 17.8. The maximum absolute atomic E-state index is 12.8. The normalized spacial score (nSPS) is 10.8. The Morgan fingerprint density at radius 2 is 1.71 bits per heavy atom. The van der Waals surface area contributed by atoms with Gasteiger partial charge in [-0.3, -0.25) is 4.79 Å². The van der Waals surface area contributed by atoms with Crippen LogP contribution in [0, 0.1) is 6.92 Å². The first kappa shape index (κ1) is 13.4. The highest BCUT2D eigenvalue weighted by Gasteiger charge is 2.19. The third-order valence-corrected chi connectivity index (χ3v) is 3.72. The van der Waals surface area contributed by atoms with Crippen molar-refractivity contribution < 1.29 is 4.79 Å². The molecule has 3 nitrogen and oxygen atoms in total. The van der Waals surface area contributed by atoms with Crippen LogP contribution in [0.15, 0.2) is 54.6 Å². The second kappa shape index (κ2) is 5.44. The van der Waals surface area contributed by atoms with Gasteiger partial charge in [-0.05, 0) is 18.6 Å². The van der Waals surface area contributed by atoms with Crippen LogP contribution in [-0.4, -0.2) is 22.8 Å². The van der Waals surface area contributed by atoms with Crippen molar-refractivity contribution in [1.82, 2.24) is 9.88 Å². The van der Waals surface area contributed by atoms with Crippen LogP contribution in [0.5, 0.6) is 0 Å². The summed E-state index contributed by atoms with van der Waals surface area (Å²) in [5, 5.41) is 0.986. The number of hydrogen-bond donors (Lipinski definition) is 1. The van der Waals surface area contributed by atoms with E-state index in [-0.39, 0.29) is 5.91 Å². The van der Waals surface area contributed by atoms with Crippen LogP contribution in [0.4, 0.5) is 0 Å². The molecule has 0 aliphatic rings. The van der Waals surface area contributed by atoms with E-state index in [1.165, 1.54) is 0 Å². The van der Waals surface area contributed by atoms with E-state index in [2.05, 4.69) is 4.98 Å². The van der Waals surface area contributed by atoms with E-state index in [9.17, 15) is 4.79 Å². The highest BCUT2D eigenvalue weighted by Crippen LogP contribution is 2.23. The van der Waals surface area contributed by atoms with Crippen molar-refractivity contribution in [3.05, 3.63) is 71.4 Å². The number of aromatic amines is 1. The van der Waals surface area contributed by atoms with Crippen molar-refractivity contribution in [2.45, 2.75) is 13.5 Å². The molecule has 1 N–H and O–H groups in total. The van der Waals surface area contributed by atoms with Gasteiger partial charge >= 0.3 is 0 Å². The summed E-state index contributed by atoms with van der Waals surface area (Å²) in [6, 6.07) is 17.9. The van der Waals surface area contributed by atoms with Gasteiger partial charge in [-0.1, -0.05) is 48.5 Å². The Bertz CT molecular complexity index is 774. The molecule has 0 bridgehead atoms. The minimum Gasteiger partial charge on any atom is -0.358 e. The zero-order valence-corrected chi connectivity index (χ0v) is 12.3. The maximum atomic E-state index is 12.8. The molecule has 1 amide bonds. The zero-order chi connectivity index (χ0) is 14.8. The number of H-pyrrole nitrogens is 1. The van der Waals surface area contributed by atoms with Crippen LogP contribution in [0.25, 0.3) is 10.9 Å². The van der Waals surface area contributed by atoms with Gasteiger partial charge in [0.05, 0.1) is 5.56 Å². The van der Waals surface area contributed by atoms with Crippen LogP contribution < -0.4 is 0 Å². The zero-order valence-electron chi connectivity index (χ0n) is 12.3. The van der Waals surface area contributed by atoms with Crippen LogP contribution in [-0.2, 0) is 6.54 Å². The fourth-order valence-corrected chi connectivity index (χ4v) is 2.67. The molecule has 1 aromatic heterocycles. The smallest absolute Gasteiger partial charge is 0.256 e. The Labute approximate surface area is 124 Å². The lowest BCUT2D eigenvalue weighted by Gasteiger charge is -2.17. The van der Waals surface area contributed by atoms with Gasteiger partial charge in [-0.2, -0.15) is 0 Å². The van der Waals surface area contributed by atoms with Gasteiger partial charge in [0.25, 0.3) is 5.91 Å². The minimum atomic E-state index is 0.0498. The van der Waals surface area contributed by atoms with Crippen LogP contribution >= 0.6 is 0 Å². The Morgan fingerprint density at radius 1 is 1.05 bits per heavy atom. The van der Waals surface area contributed by atoms with Crippen LogP contribution in [0.3, 0.4) is 0 Å². The second-order valence-electron chi connectivity index (χ2n) is 5.32. The summed E-state index contributed by atoms with van der Waals surface area (Å²) in [5.74, 6) is 0.0498. The first-order valence-electron chi connectivity index (χ1n) is 7.03. The average molecular weight is 278 g/mol. The fourth-order valence-electron chi connectivity index (χ4n) is 2.67. The van der Waals surface area contributed by atoms with Crippen molar-refractivity contribution in [1.29, 1.82) is 0 Å². The second-order valence-corrected chi connectivity index (χ2v) is 5.32. The molecule has 106 valence electrons. The quantitative estimate of drug-likeness (QED) is 0.778. The van der Waals surface area contributed by atoms with Gasteiger partial charge in [0.15, 0.2) is 0 Å². The van der Waals surface area contributed by atoms with E-state index in [4.69, 9.17) is 0 Å². The number of carbonyl (C=O) groups is 1. The predicted octanol–water partition coefficient (Wildman–Crippen LogP) is 3.75. The van der Waals surface area contributed by atoms with Gasteiger partial charge in [0.1, 0.15) is 0 Å². The van der Waals surface area contributed by atoms with Gasteiger partial charge in [-0.15, -0.1) is 0 Å². The molecule has 3 heteroatoms. The number of nitrogens with one attached hydrogen (secondary N) is 1. The van der Waals surface area contributed by atoms with Crippen LogP contribution in [0.1, 0.15) is 21.6 Å². The van der Waals surface area contributed by atoms with Crippen molar-refractivity contribution in [3.63, 3.8) is 0 Å². The molecule has 0 saturated carbocycles. The molecule has 1 heterocycles. The van der Waals surface area contributed by atoms with Crippen molar-refractivity contribution >= 4 is 16.8 Å². The minimum absolute atomic E-state index is 0.0498. The highest BCUT2D eigenvalue weighted by molar-refractivity contribution is 6.07. The van der Waals surface area contributed by atoms with E-state index in [0.29, 0.717) is 6.54 Å². The number of benzene rings is 2. The first-order valence-corrected chi connectivity index (χ1v) is 7.03. The summed E-state index contributed by atoms with van der Waals surface area (Å²) < 4.78 is 0. The van der Waals surface area contributed by atoms with Gasteiger partial charge < -0.3 is 9.88 Å². The lowest BCUT2D eigenvalue weighted by atomic mass is 10.1. The Kier molecular flexibility index (Phi) is 3.48. The highest BCUT2D eigenvalue weighted by atomic mass is 16.2. The third-order valence-electron chi connectivity index (χ3n) is 3.72. The number of rotatable bonds is 3. The fraction of sp³-hybridized carbons (Fsp3) is 0.167. The predicted molar refractivity (Wildman–Crippen MR) is 85.3 cm³/mol. The molecule has 21 heavy (non-hydrogen) atoms. The molecule has 0 radical (unpaired) electrons. The van der Waals surface area contributed by atoms with E-state index < -0.39 is 0 Å². The molecule has 3 aromatic rings. The number of fused-ring (bicyclic) bond motifs is 1. The Morgan fingerprint density at radius 3 is 2.48 bits per heavy atom. The van der Waals surface area contributed by atoms with Crippen molar-refractivity contribution in [2.75, 3.05) is 7.05 Å². The molecule has 0 aliphatic heterocycles. The molecule has 0 fully saturated rings. The SMILES string of the molecule is Cc1[nH]c2ccccc2c1C(=O)N(C)Cc1ccccc1. The molecule has 3 rings (SSSR count). The van der Waals surface area contributed by atoms with Crippen LogP contribution in [0.2, 0.25) is 0 Å². The summed E-state index contributed by atoms with van der Waals surface area (Å²) in [5.41, 5.74) is 3.82. The lowest BCUT2D eigenvalue weighted by molar-refractivity contribution is 0.0786. The van der Waals surface area contributed by atoms with E-state index >= 15 is 0 Å². The van der Waals surface area contributed by atoms with E-state index in [1.807, 2.05) is 68.6 Å². The lowest BCUT2D eigenvalue weighted by Crippen LogP contribution is -2.26. The molecule has 0 unspecified atom stereocenters. The van der Waals surface area contributed by atoms with Crippen molar-refractivity contribution in [3.8, 4) is 0 Å². The first-order chi connectivity index (χ1) is 10.2. The van der Waals surface area contributed by atoms with Gasteiger partial charge in [0, 0.05) is 30.2 Å². The summed E-state index contributed by atoms with van der Waals surface area (Å²) >= 11 is 0. The number of para-hydroxylation sites is 1.